The summed E-state index contributed by atoms with van der Waals surface area (Å²) >= 11 is 0. The molecule has 0 aliphatic carbocycles. The van der Waals surface area contributed by atoms with Gasteiger partial charge in [0.25, 0.3) is 5.56 Å². The van der Waals surface area contributed by atoms with Crippen LogP contribution in [0.1, 0.15) is 0 Å². The molecule has 4 nitrogen and oxygen atoms in total. The van der Waals surface area contributed by atoms with Crippen LogP contribution in [0.5, 0.6) is 0 Å². The fourth-order valence-electron chi connectivity index (χ4n) is 9.08. The van der Waals surface area contributed by atoms with Crippen molar-refractivity contribution >= 4 is 81.6 Å². The molecule has 12 rings (SSSR count). The number of hydrogen-bond donors (Lipinski definition) is 0. The van der Waals surface area contributed by atoms with Gasteiger partial charge in [-0.25, -0.2) is 0 Å². The van der Waals surface area contributed by atoms with Gasteiger partial charge < -0.3 is 9.13 Å². The van der Waals surface area contributed by atoms with Crippen molar-refractivity contribution in [3.05, 3.63) is 186 Å². The molecule has 0 bridgehead atoms. The molecule has 0 saturated carbocycles. The minimum atomic E-state index is 0.0118. The van der Waals surface area contributed by atoms with Crippen molar-refractivity contribution < 1.29 is 0 Å². The largest absolute Gasteiger partial charge is 0.309 e. The van der Waals surface area contributed by atoms with Gasteiger partial charge in [-0.3, -0.25) is 9.20 Å². The predicted octanol–water partition coefficient (Wildman–Crippen LogP) is 12.1. The number of nitrogens with zero attached hydrogens (tertiary/aromatic N) is 3. The molecule has 0 radical (unpaired) electrons. The van der Waals surface area contributed by atoms with Crippen LogP contribution in [0.25, 0.3) is 104 Å². The average Bonchev–Trinajstić information content (AvgIpc) is 3.85. The zero-order chi connectivity index (χ0) is 34.8. The van der Waals surface area contributed by atoms with Crippen molar-refractivity contribution in [2.75, 3.05) is 0 Å². The quantitative estimate of drug-likeness (QED) is 0.172. The van der Waals surface area contributed by atoms with Crippen LogP contribution in [0.2, 0.25) is 0 Å². The number of hydrogen-bond acceptors (Lipinski definition) is 1. The Morgan fingerprint density at radius 2 is 0.774 bits per heavy atom. The maximum absolute atomic E-state index is 14.5. The normalized spacial score (nSPS) is 12.2. The van der Waals surface area contributed by atoms with E-state index in [1.165, 1.54) is 32.6 Å². The summed E-state index contributed by atoms with van der Waals surface area (Å²) in [5, 5.41) is 9.74. The highest BCUT2D eigenvalue weighted by atomic mass is 16.1. The van der Waals surface area contributed by atoms with Crippen LogP contribution in [0.4, 0.5) is 0 Å². The maximum atomic E-state index is 14.5. The molecular weight excluding hydrogens is 647 g/mol. The SMILES string of the molecule is O=c1c2ccccc2c2cc(-c3ccc4c(c3)c3ccccc3n4-c3ccccc3)cc3c4cc5c6ccccc6n(-c6ccccc6)c5cc4n1c23. The lowest BCUT2D eigenvalue weighted by atomic mass is 9.96. The number of para-hydroxylation sites is 4. The fourth-order valence-corrected chi connectivity index (χ4v) is 9.08. The van der Waals surface area contributed by atoms with Crippen LogP contribution in [0.15, 0.2) is 181 Å². The summed E-state index contributed by atoms with van der Waals surface area (Å²) in [6.45, 7) is 0. The Morgan fingerprint density at radius 1 is 0.302 bits per heavy atom. The molecule has 0 amide bonds. The smallest absolute Gasteiger partial charge is 0.263 e. The second kappa shape index (κ2) is 10.4. The molecule has 4 heterocycles. The second-order valence-electron chi connectivity index (χ2n) is 14.1. The molecule has 0 aliphatic heterocycles. The van der Waals surface area contributed by atoms with Gasteiger partial charge in [0.2, 0.25) is 0 Å². The third-order valence-corrected chi connectivity index (χ3v) is 11.3. The third kappa shape index (κ3) is 3.81. The van der Waals surface area contributed by atoms with Crippen molar-refractivity contribution in [2.24, 2.45) is 0 Å². The number of benzene rings is 8. The Balaban J connectivity index is 1.21. The highest BCUT2D eigenvalue weighted by Crippen LogP contribution is 2.43. The molecule has 4 aromatic heterocycles. The zero-order valence-corrected chi connectivity index (χ0v) is 28.5. The Hall–Kier alpha value is -7.17. The molecule has 12 aromatic rings. The first-order valence-electron chi connectivity index (χ1n) is 18.1. The molecule has 0 saturated heterocycles. The lowest BCUT2D eigenvalue weighted by Gasteiger charge is -2.10. The summed E-state index contributed by atoms with van der Waals surface area (Å²) < 4.78 is 6.65. The number of rotatable bonds is 3. The maximum Gasteiger partial charge on any atom is 0.263 e. The van der Waals surface area contributed by atoms with Gasteiger partial charge in [-0.05, 0) is 95.4 Å². The highest BCUT2D eigenvalue weighted by Gasteiger charge is 2.22. The molecule has 53 heavy (non-hydrogen) atoms. The highest BCUT2D eigenvalue weighted by molar-refractivity contribution is 6.25. The van der Waals surface area contributed by atoms with Crippen LogP contribution >= 0.6 is 0 Å². The lowest BCUT2D eigenvalue weighted by Crippen LogP contribution is -2.12. The first-order valence-corrected chi connectivity index (χ1v) is 18.1. The number of pyridine rings is 1. The minimum absolute atomic E-state index is 0.0118. The Bertz CT molecular complexity index is 3520. The Morgan fingerprint density at radius 3 is 1.43 bits per heavy atom. The van der Waals surface area contributed by atoms with Gasteiger partial charge in [-0.15, -0.1) is 0 Å². The van der Waals surface area contributed by atoms with Crippen molar-refractivity contribution in [3.8, 4) is 22.5 Å². The summed E-state index contributed by atoms with van der Waals surface area (Å²) in [6.07, 6.45) is 0. The molecular formula is C49H29N3O. The zero-order valence-electron chi connectivity index (χ0n) is 28.5. The summed E-state index contributed by atoms with van der Waals surface area (Å²) in [7, 11) is 0. The van der Waals surface area contributed by atoms with E-state index < -0.39 is 0 Å². The van der Waals surface area contributed by atoms with Gasteiger partial charge in [-0.2, -0.15) is 0 Å². The van der Waals surface area contributed by atoms with Gasteiger partial charge in [0.05, 0.1) is 33.1 Å². The molecule has 0 fully saturated rings. The first-order chi connectivity index (χ1) is 26.2. The van der Waals surface area contributed by atoms with Gasteiger partial charge >= 0.3 is 0 Å². The van der Waals surface area contributed by atoms with Crippen molar-refractivity contribution in [1.29, 1.82) is 0 Å². The predicted molar refractivity (Wildman–Crippen MR) is 221 cm³/mol. The molecule has 0 aliphatic rings. The van der Waals surface area contributed by atoms with E-state index in [0.717, 1.165) is 71.5 Å². The van der Waals surface area contributed by atoms with Crippen molar-refractivity contribution in [2.45, 2.75) is 0 Å². The molecule has 0 atom stereocenters. The number of aromatic nitrogens is 3. The van der Waals surface area contributed by atoms with E-state index in [2.05, 4.69) is 161 Å². The molecule has 0 N–H and O–H groups in total. The van der Waals surface area contributed by atoms with E-state index in [1.54, 1.807) is 0 Å². The van der Waals surface area contributed by atoms with Crippen LogP contribution in [0.3, 0.4) is 0 Å². The van der Waals surface area contributed by atoms with E-state index in [1.807, 2.05) is 28.7 Å². The summed E-state index contributed by atoms with van der Waals surface area (Å²) in [6, 6.07) is 62.4. The van der Waals surface area contributed by atoms with Crippen LogP contribution in [-0.2, 0) is 0 Å². The first kappa shape index (κ1) is 28.5. The van der Waals surface area contributed by atoms with Gasteiger partial charge in [0.1, 0.15) is 0 Å². The lowest BCUT2D eigenvalue weighted by molar-refractivity contribution is 1.17. The topological polar surface area (TPSA) is 31.3 Å². The van der Waals surface area contributed by atoms with E-state index in [0.29, 0.717) is 0 Å². The standard InChI is InChI=1S/C49H29N3O/c53-49-37-20-8-7-17-34(37)41-26-31(30-23-24-45-38(25-30)35-18-9-11-21-43(35)50(45)32-13-3-1-4-14-32)27-42-40-28-39-36-19-10-12-22-44(36)51(33-15-5-2-6-16-33)46(39)29-47(40)52(49)48(41)42/h1-29H. The average molecular weight is 676 g/mol. The Kier molecular flexibility index (Phi) is 5.62. The third-order valence-electron chi connectivity index (χ3n) is 11.3. The van der Waals surface area contributed by atoms with E-state index in [-0.39, 0.29) is 5.56 Å². The van der Waals surface area contributed by atoms with E-state index >= 15 is 0 Å². The van der Waals surface area contributed by atoms with Gasteiger partial charge in [-0.1, -0.05) is 97.1 Å². The van der Waals surface area contributed by atoms with Crippen LogP contribution in [-0.4, -0.2) is 13.5 Å². The molecule has 0 spiro atoms. The van der Waals surface area contributed by atoms with Crippen molar-refractivity contribution in [3.63, 3.8) is 0 Å². The van der Waals surface area contributed by atoms with Gasteiger partial charge in [0.15, 0.2) is 0 Å². The van der Waals surface area contributed by atoms with E-state index in [4.69, 9.17) is 0 Å². The van der Waals surface area contributed by atoms with Crippen molar-refractivity contribution in [1.82, 2.24) is 13.5 Å². The molecule has 8 aromatic carbocycles. The summed E-state index contributed by atoms with van der Waals surface area (Å²) in [4.78, 5) is 14.5. The monoisotopic (exact) mass is 675 g/mol. The molecule has 0 unspecified atom stereocenters. The minimum Gasteiger partial charge on any atom is -0.309 e. The van der Waals surface area contributed by atoms with Gasteiger partial charge in [0, 0.05) is 54.5 Å². The van der Waals surface area contributed by atoms with Crippen LogP contribution < -0.4 is 5.56 Å². The fraction of sp³-hybridized carbons (Fsp3) is 0. The number of fused-ring (bicyclic) bond motifs is 11. The summed E-state index contributed by atoms with van der Waals surface area (Å²) in [5.41, 5.74) is 11.0. The second-order valence-corrected chi connectivity index (χ2v) is 14.1. The Labute approximate surface area is 302 Å². The molecule has 4 heteroatoms. The molecule has 246 valence electrons. The summed E-state index contributed by atoms with van der Waals surface area (Å²) in [5.74, 6) is 0. The van der Waals surface area contributed by atoms with E-state index in [9.17, 15) is 4.79 Å². The van der Waals surface area contributed by atoms with Crippen LogP contribution in [0, 0.1) is 0 Å².